The quantitative estimate of drug-likeness (QED) is 0.510. The zero-order chi connectivity index (χ0) is 20.8. The van der Waals surface area contributed by atoms with Crippen LogP contribution in [0.1, 0.15) is 5.69 Å². The number of ether oxygens (including phenoxy) is 1. The van der Waals surface area contributed by atoms with Crippen LogP contribution in [0.4, 0.5) is 27.2 Å². The van der Waals surface area contributed by atoms with Crippen LogP contribution in [-0.2, 0) is 4.74 Å². The summed E-state index contributed by atoms with van der Waals surface area (Å²) in [5, 5.41) is 16.4. The van der Waals surface area contributed by atoms with Crippen LogP contribution in [0.5, 0.6) is 0 Å². The maximum atomic E-state index is 11.4. The van der Waals surface area contributed by atoms with Crippen molar-refractivity contribution in [3.63, 3.8) is 0 Å². The average Bonchev–Trinajstić information content (AvgIpc) is 3.10. The van der Waals surface area contributed by atoms with E-state index in [4.69, 9.17) is 4.74 Å². The maximum Gasteiger partial charge on any atom is 0.411 e. The van der Waals surface area contributed by atoms with Gasteiger partial charge in [0.25, 0.3) is 0 Å². The molecule has 0 bridgehead atoms. The Hall–Kier alpha value is -3.24. The lowest BCUT2D eigenvalue weighted by atomic mass is 10.2. The Bertz CT molecular complexity index is 976. The highest BCUT2D eigenvalue weighted by Crippen LogP contribution is 2.31. The van der Waals surface area contributed by atoms with Gasteiger partial charge in [0.05, 0.1) is 29.4 Å². The van der Waals surface area contributed by atoms with Crippen LogP contribution in [0.2, 0.25) is 0 Å². The van der Waals surface area contributed by atoms with E-state index < -0.39 is 6.09 Å². The number of nitrogens with one attached hydrogen (secondary N) is 2. The van der Waals surface area contributed by atoms with Crippen molar-refractivity contribution in [1.82, 2.24) is 15.0 Å². The summed E-state index contributed by atoms with van der Waals surface area (Å²) < 4.78 is 4.97. The highest BCUT2D eigenvalue weighted by molar-refractivity contribution is 7.19. The van der Waals surface area contributed by atoms with Crippen LogP contribution < -0.4 is 15.5 Å². The van der Waals surface area contributed by atoms with E-state index in [9.17, 15) is 9.90 Å². The van der Waals surface area contributed by atoms with E-state index in [1.165, 1.54) is 23.3 Å². The van der Waals surface area contributed by atoms with Gasteiger partial charge in [-0.1, -0.05) is 11.3 Å². The van der Waals surface area contributed by atoms with Crippen molar-refractivity contribution in [2.75, 3.05) is 42.8 Å². The number of benzene rings is 1. The fourth-order valence-electron chi connectivity index (χ4n) is 2.66. The minimum absolute atomic E-state index is 0.257. The van der Waals surface area contributed by atoms with Gasteiger partial charge in [-0.15, -0.1) is 0 Å². The molecule has 2 aromatic heterocycles. The lowest BCUT2D eigenvalue weighted by molar-refractivity contribution is 0.186. The van der Waals surface area contributed by atoms with E-state index in [1.807, 2.05) is 20.0 Å². The molecule has 29 heavy (non-hydrogen) atoms. The van der Waals surface area contributed by atoms with Gasteiger partial charge in [0.2, 0.25) is 5.95 Å². The molecule has 0 unspecified atom stereocenters. The van der Waals surface area contributed by atoms with Gasteiger partial charge in [0.15, 0.2) is 5.13 Å². The molecule has 0 saturated heterocycles. The second-order valence-corrected chi connectivity index (χ2v) is 7.05. The topological polar surface area (TPSA) is 112 Å². The smallest absolute Gasteiger partial charge is 0.411 e. The Labute approximate surface area is 172 Å². The summed E-state index contributed by atoms with van der Waals surface area (Å²) in [6.45, 7) is 2.52. The molecule has 0 aliphatic carbocycles. The third-order valence-corrected chi connectivity index (χ3v) is 5.28. The number of amides is 1. The van der Waals surface area contributed by atoms with Crippen molar-refractivity contribution in [3.05, 3.63) is 42.2 Å². The van der Waals surface area contributed by atoms with E-state index in [0.717, 1.165) is 27.1 Å². The molecule has 3 N–H and O–H groups in total. The lowest BCUT2D eigenvalue weighted by Crippen LogP contribution is -2.32. The number of methoxy groups -OCH3 is 1. The molecular formula is C19H22N6O3S. The molecule has 10 heteroatoms. The zero-order valence-electron chi connectivity index (χ0n) is 16.3. The number of carbonyl (C=O) groups is 1. The van der Waals surface area contributed by atoms with Crippen LogP contribution in [0.3, 0.4) is 0 Å². The molecule has 0 atom stereocenters. The molecule has 2 heterocycles. The van der Waals surface area contributed by atoms with Crippen molar-refractivity contribution in [2.45, 2.75) is 6.92 Å². The summed E-state index contributed by atoms with van der Waals surface area (Å²) in [5.41, 5.74) is 3.00. The second kappa shape index (κ2) is 9.30. The predicted molar refractivity (Wildman–Crippen MR) is 114 cm³/mol. The van der Waals surface area contributed by atoms with Gasteiger partial charge in [-0.25, -0.2) is 19.7 Å². The van der Waals surface area contributed by atoms with Crippen molar-refractivity contribution >= 4 is 39.9 Å². The number of nitrogens with zero attached hydrogens (tertiary/aromatic N) is 4. The van der Waals surface area contributed by atoms with Crippen LogP contribution in [0, 0.1) is 6.92 Å². The number of aryl methyl sites for hydroxylation is 1. The molecule has 0 radical (unpaired) electrons. The molecule has 1 amide bonds. The first-order valence-electron chi connectivity index (χ1n) is 8.87. The number of anilines is 4. The van der Waals surface area contributed by atoms with Gasteiger partial charge in [0.1, 0.15) is 0 Å². The van der Waals surface area contributed by atoms with Gasteiger partial charge in [-0.3, -0.25) is 4.90 Å². The zero-order valence-corrected chi connectivity index (χ0v) is 17.2. The van der Waals surface area contributed by atoms with Gasteiger partial charge in [-0.05, 0) is 37.3 Å². The van der Waals surface area contributed by atoms with Crippen molar-refractivity contribution < 1.29 is 14.6 Å². The molecule has 9 nitrogen and oxygen atoms in total. The highest BCUT2D eigenvalue weighted by Gasteiger charge is 2.14. The van der Waals surface area contributed by atoms with Crippen molar-refractivity contribution in [2.24, 2.45) is 0 Å². The summed E-state index contributed by atoms with van der Waals surface area (Å²) in [5.74, 6) is 0.448. The molecule has 0 spiro atoms. The predicted octanol–water partition coefficient (Wildman–Crippen LogP) is 3.82. The van der Waals surface area contributed by atoms with Crippen molar-refractivity contribution in [3.8, 4) is 10.6 Å². The minimum Gasteiger partial charge on any atom is -0.465 e. The molecule has 3 aromatic rings. The largest absolute Gasteiger partial charge is 0.465 e. The fourth-order valence-corrected chi connectivity index (χ4v) is 3.55. The van der Waals surface area contributed by atoms with Crippen LogP contribution in [-0.4, -0.2) is 53.5 Å². The fraction of sp³-hybridized carbons (Fsp3) is 0.263. The molecule has 3 rings (SSSR count). The van der Waals surface area contributed by atoms with Crippen molar-refractivity contribution in [1.29, 1.82) is 0 Å². The average molecular weight is 414 g/mol. The number of thiazole rings is 1. The summed E-state index contributed by atoms with van der Waals surface area (Å²) in [6.07, 6.45) is 0.661. The standard InChI is InChI=1S/C19H22N6O3S/c1-12-16(29-18(20-2)22-12)15-8-9-21-17(24-15)23-13-4-6-14(7-5-13)25(19(26)27)10-11-28-3/h4-9H,10-11H2,1-3H3,(H,20,22)(H,26,27)(H,21,23,24). The molecule has 0 fully saturated rings. The number of aromatic nitrogens is 3. The van der Waals surface area contributed by atoms with E-state index in [-0.39, 0.29) is 6.54 Å². The van der Waals surface area contributed by atoms with Crippen LogP contribution in [0.25, 0.3) is 10.6 Å². The molecular weight excluding hydrogens is 392 g/mol. The summed E-state index contributed by atoms with van der Waals surface area (Å²) in [6, 6.07) is 8.86. The first kappa shape index (κ1) is 20.5. The maximum absolute atomic E-state index is 11.4. The summed E-state index contributed by atoms with van der Waals surface area (Å²) in [7, 11) is 3.37. The van der Waals surface area contributed by atoms with Gasteiger partial charge in [-0.2, -0.15) is 0 Å². The Kier molecular flexibility index (Phi) is 6.57. The summed E-state index contributed by atoms with van der Waals surface area (Å²) >= 11 is 1.53. The molecule has 1 aromatic carbocycles. The number of carboxylic acid groups (broad SMARTS) is 1. The molecule has 0 saturated carbocycles. The van der Waals surface area contributed by atoms with Gasteiger partial charge >= 0.3 is 6.09 Å². The minimum atomic E-state index is -1.03. The summed E-state index contributed by atoms with van der Waals surface area (Å²) in [4.78, 5) is 26.9. The highest BCUT2D eigenvalue weighted by atomic mass is 32.1. The molecule has 0 aliphatic rings. The normalized spacial score (nSPS) is 10.6. The Morgan fingerprint density at radius 3 is 2.62 bits per heavy atom. The third-order valence-electron chi connectivity index (χ3n) is 4.08. The monoisotopic (exact) mass is 414 g/mol. The Balaban J connectivity index is 1.76. The van der Waals surface area contributed by atoms with Gasteiger partial charge in [0, 0.05) is 31.7 Å². The second-order valence-electron chi connectivity index (χ2n) is 6.05. The Morgan fingerprint density at radius 1 is 1.24 bits per heavy atom. The Morgan fingerprint density at radius 2 is 2.00 bits per heavy atom. The van der Waals surface area contributed by atoms with E-state index in [2.05, 4.69) is 25.6 Å². The van der Waals surface area contributed by atoms with Crippen LogP contribution in [0.15, 0.2) is 36.5 Å². The first-order valence-corrected chi connectivity index (χ1v) is 9.68. The van der Waals surface area contributed by atoms with E-state index in [0.29, 0.717) is 18.2 Å². The van der Waals surface area contributed by atoms with E-state index >= 15 is 0 Å². The number of hydrogen-bond donors (Lipinski definition) is 3. The number of rotatable bonds is 8. The number of hydrogen-bond acceptors (Lipinski definition) is 8. The first-order chi connectivity index (χ1) is 14.0. The molecule has 0 aliphatic heterocycles. The van der Waals surface area contributed by atoms with E-state index in [1.54, 1.807) is 30.5 Å². The molecule has 152 valence electrons. The lowest BCUT2D eigenvalue weighted by Gasteiger charge is -2.19. The third kappa shape index (κ3) is 4.98. The van der Waals surface area contributed by atoms with Crippen LogP contribution >= 0.6 is 11.3 Å². The van der Waals surface area contributed by atoms with Gasteiger partial charge < -0.3 is 20.5 Å². The SMILES string of the molecule is CNc1nc(C)c(-c2ccnc(Nc3ccc(N(CCOC)C(=O)O)cc3)n2)s1.